The van der Waals surface area contributed by atoms with Gasteiger partial charge in [0.1, 0.15) is 12.4 Å². The van der Waals surface area contributed by atoms with E-state index in [-0.39, 0.29) is 17.6 Å². The number of benzene rings is 1. The molecule has 1 aromatic carbocycles. The standard InChI is InChI=1S/C17H20ClN3O2/c1-13-5-3-6-14(11-13)23-10-9-21(2)12-16(22)20-15-7-4-8-19-17(15)18/h3-8,11H,9-10,12H2,1-2H3,(H,20,22). The van der Waals surface area contributed by atoms with Crippen LogP contribution in [0.1, 0.15) is 5.56 Å². The number of anilines is 1. The Morgan fingerprint density at radius 1 is 1.35 bits per heavy atom. The van der Waals surface area contributed by atoms with Crippen molar-refractivity contribution in [3.8, 4) is 5.75 Å². The van der Waals surface area contributed by atoms with E-state index in [0.717, 1.165) is 11.3 Å². The van der Waals surface area contributed by atoms with Gasteiger partial charge in [-0.1, -0.05) is 23.7 Å². The van der Waals surface area contributed by atoms with Crippen LogP contribution in [0.3, 0.4) is 0 Å². The van der Waals surface area contributed by atoms with E-state index in [0.29, 0.717) is 18.8 Å². The quantitative estimate of drug-likeness (QED) is 0.791. The van der Waals surface area contributed by atoms with Gasteiger partial charge in [0.2, 0.25) is 5.91 Å². The van der Waals surface area contributed by atoms with E-state index in [9.17, 15) is 4.79 Å². The van der Waals surface area contributed by atoms with Gasteiger partial charge in [-0.15, -0.1) is 0 Å². The molecular formula is C17H20ClN3O2. The molecule has 0 unspecified atom stereocenters. The number of hydrogen-bond donors (Lipinski definition) is 1. The molecule has 0 saturated carbocycles. The number of pyridine rings is 1. The fourth-order valence-corrected chi connectivity index (χ4v) is 2.18. The summed E-state index contributed by atoms with van der Waals surface area (Å²) in [5, 5.41) is 3.02. The van der Waals surface area contributed by atoms with Gasteiger partial charge >= 0.3 is 0 Å². The van der Waals surface area contributed by atoms with E-state index in [1.807, 2.05) is 43.1 Å². The van der Waals surface area contributed by atoms with Crippen LogP contribution in [0.4, 0.5) is 5.69 Å². The highest BCUT2D eigenvalue weighted by atomic mass is 35.5. The van der Waals surface area contributed by atoms with E-state index in [2.05, 4.69) is 10.3 Å². The van der Waals surface area contributed by atoms with Gasteiger partial charge in [0.15, 0.2) is 5.15 Å². The molecule has 1 amide bonds. The van der Waals surface area contributed by atoms with Gasteiger partial charge in [-0.2, -0.15) is 0 Å². The van der Waals surface area contributed by atoms with Gasteiger partial charge in [-0.05, 0) is 43.8 Å². The molecule has 2 rings (SSSR count). The summed E-state index contributed by atoms with van der Waals surface area (Å²) >= 11 is 5.91. The first kappa shape index (κ1) is 17.2. The van der Waals surface area contributed by atoms with Gasteiger partial charge in [0.05, 0.1) is 12.2 Å². The summed E-state index contributed by atoms with van der Waals surface area (Å²) in [4.78, 5) is 17.8. The lowest BCUT2D eigenvalue weighted by Gasteiger charge is -2.17. The Hall–Kier alpha value is -2.11. The first-order chi connectivity index (χ1) is 11.0. The molecule has 0 aliphatic rings. The van der Waals surface area contributed by atoms with Gasteiger partial charge in [-0.3, -0.25) is 9.69 Å². The molecule has 0 bridgehead atoms. The van der Waals surface area contributed by atoms with Gasteiger partial charge in [0.25, 0.3) is 0 Å². The van der Waals surface area contributed by atoms with Gasteiger partial charge < -0.3 is 10.1 Å². The molecule has 0 aliphatic heterocycles. The van der Waals surface area contributed by atoms with E-state index in [1.54, 1.807) is 18.3 Å². The number of rotatable bonds is 7. The molecule has 0 fully saturated rings. The van der Waals surface area contributed by atoms with Gasteiger partial charge in [0, 0.05) is 12.7 Å². The molecule has 0 radical (unpaired) electrons. The average molecular weight is 334 g/mol. The highest BCUT2D eigenvalue weighted by molar-refractivity contribution is 6.32. The molecule has 0 aliphatic carbocycles. The number of aryl methyl sites for hydroxylation is 1. The second-order valence-corrected chi connectivity index (χ2v) is 5.65. The van der Waals surface area contributed by atoms with Crippen molar-refractivity contribution in [3.63, 3.8) is 0 Å². The van der Waals surface area contributed by atoms with E-state index in [4.69, 9.17) is 16.3 Å². The fourth-order valence-electron chi connectivity index (χ4n) is 2.02. The third-order valence-corrected chi connectivity index (χ3v) is 3.48. The number of halogens is 1. The zero-order valence-electron chi connectivity index (χ0n) is 13.3. The molecule has 122 valence electrons. The Morgan fingerprint density at radius 2 is 2.17 bits per heavy atom. The van der Waals surface area contributed by atoms with Gasteiger partial charge in [-0.25, -0.2) is 4.98 Å². The van der Waals surface area contributed by atoms with Crippen LogP contribution in [0.15, 0.2) is 42.6 Å². The van der Waals surface area contributed by atoms with Crippen LogP contribution in [0.25, 0.3) is 0 Å². The third kappa shape index (κ3) is 5.88. The predicted molar refractivity (Wildman–Crippen MR) is 92.0 cm³/mol. The highest BCUT2D eigenvalue weighted by Crippen LogP contribution is 2.17. The van der Waals surface area contributed by atoms with Crippen LogP contribution in [0, 0.1) is 6.92 Å². The van der Waals surface area contributed by atoms with Crippen LogP contribution in [-0.4, -0.2) is 42.5 Å². The summed E-state index contributed by atoms with van der Waals surface area (Å²) in [6.07, 6.45) is 1.58. The number of ether oxygens (including phenoxy) is 1. The molecule has 2 aromatic rings. The van der Waals surface area contributed by atoms with Crippen LogP contribution in [0.5, 0.6) is 5.75 Å². The maximum Gasteiger partial charge on any atom is 0.238 e. The van der Waals surface area contributed by atoms with Crippen molar-refractivity contribution in [2.75, 3.05) is 32.1 Å². The maximum absolute atomic E-state index is 12.0. The van der Waals surface area contributed by atoms with Crippen molar-refractivity contribution < 1.29 is 9.53 Å². The molecule has 1 N–H and O–H groups in total. The zero-order chi connectivity index (χ0) is 16.7. The number of carbonyl (C=O) groups is 1. The maximum atomic E-state index is 12.0. The highest BCUT2D eigenvalue weighted by Gasteiger charge is 2.09. The smallest absolute Gasteiger partial charge is 0.238 e. The van der Waals surface area contributed by atoms with Crippen LogP contribution >= 0.6 is 11.6 Å². The van der Waals surface area contributed by atoms with Crippen molar-refractivity contribution in [2.24, 2.45) is 0 Å². The molecule has 6 heteroatoms. The topological polar surface area (TPSA) is 54.5 Å². The van der Waals surface area contributed by atoms with E-state index in [1.165, 1.54) is 0 Å². The summed E-state index contributed by atoms with van der Waals surface area (Å²) in [5.74, 6) is 0.697. The summed E-state index contributed by atoms with van der Waals surface area (Å²) in [6, 6.07) is 11.3. The number of amides is 1. The Kier molecular flexibility index (Phi) is 6.38. The monoisotopic (exact) mass is 333 g/mol. The van der Waals surface area contributed by atoms with Crippen molar-refractivity contribution in [1.29, 1.82) is 0 Å². The lowest BCUT2D eigenvalue weighted by molar-refractivity contribution is -0.117. The summed E-state index contributed by atoms with van der Waals surface area (Å²) in [5.41, 5.74) is 1.67. The Labute approximate surface area is 141 Å². The first-order valence-corrected chi connectivity index (χ1v) is 7.71. The number of nitrogens with zero attached hydrogens (tertiary/aromatic N) is 2. The number of nitrogens with one attached hydrogen (secondary N) is 1. The second kappa shape index (κ2) is 8.50. The summed E-state index contributed by atoms with van der Waals surface area (Å²) in [7, 11) is 1.87. The summed E-state index contributed by atoms with van der Waals surface area (Å²) in [6.45, 7) is 3.43. The van der Waals surface area contributed by atoms with Crippen LogP contribution in [-0.2, 0) is 4.79 Å². The molecule has 1 heterocycles. The third-order valence-electron chi connectivity index (χ3n) is 3.18. The van der Waals surface area contributed by atoms with Crippen LogP contribution in [0.2, 0.25) is 5.15 Å². The van der Waals surface area contributed by atoms with E-state index >= 15 is 0 Å². The Morgan fingerprint density at radius 3 is 2.91 bits per heavy atom. The largest absolute Gasteiger partial charge is 0.492 e. The minimum absolute atomic E-state index is 0.141. The minimum atomic E-state index is -0.141. The number of carbonyl (C=O) groups excluding carboxylic acids is 1. The summed E-state index contributed by atoms with van der Waals surface area (Å²) < 4.78 is 5.67. The predicted octanol–water partition coefficient (Wildman–Crippen LogP) is 2.99. The first-order valence-electron chi connectivity index (χ1n) is 7.33. The molecule has 0 spiro atoms. The molecule has 23 heavy (non-hydrogen) atoms. The molecule has 5 nitrogen and oxygen atoms in total. The molecule has 0 saturated heterocycles. The average Bonchev–Trinajstić information content (AvgIpc) is 2.49. The lowest BCUT2D eigenvalue weighted by Crippen LogP contribution is -2.33. The van der Waals surface area contributed by atoms with Crippen molar-refractivity contribution in [3.05, 3.63) is 53.3 Å². The number of hydrogen-bond acceptors (Lipinski definition) is 4. The number of aromatic nitrogens is 1. The normalized spacial score (nSPS) is 10.6. The number of likely N-dealkylation sites (N-methyl/N-ethyl adjacent to an activating group) is 1. The van der Waals surface area contributed by atoms with Crippen LogP contribution < -0.4 is 10.1 Å². The molecule has 0 atom stereocenters. The van der Waals surface area contributed by atoms with Crippen molar-refractivity contribution in [1.82, 2.24) is 9.88 Å². The van der Waals surface area contributed by atoms with E-state index < -0.39 is 0 Å². The SMILES string of the molecule is Cc1cccc(OCCN(C)CC(=O)Nc2cccnc2Cl)c1. The molecular weight excluding hydrogens is 314 g/mol. The minimum Gasteiger partial charge on any atom is -0.492 e. The Bertz CT molecular complexity index is 664. The zero-order valence-corrected chi connectivity index (χ0v) is 14.0. The van der Waals surface area contributed by atoms with Crippen molar-refractivity contribution in [2.45, 2.75) is 6.92 Å². The molecule has 1 aromatic heterocycles. The fraction of sp³-hybridized carbons (Fsp3) is 0.294. The Balaban J connectivity index is 1.73. The lowest BCUT2D eigenvalue weighted by atomic mass is 10.2. The van der Waals surface area contributed by atoms with Crippen molar-refractivity contribution >= 4 is 23.2 Å². The second-order valence-electron chi connectivity index (χ2n) is 5.29.